The van der Waals surface area contributed by atoms with Gasteiger partial charge in [-0.05, 0) is 18.8 Å². The van der Waals surface area contributed by atoms with Crippen LogP contribution < -0.4 is 0 Å². The maximum Gasteiger partial charge on any atom is 0.373 e. The first kappa shape index (κ1) is 13.4. The Balaban J connectivity index is 4.18. The van der Waals surface area contributed by atoms with Crippen LogP contribution in [-0.4, -0.2) is 23.3 Å². The summed E-state index contributed by atoms with van der Waals surface area (Å²) >= 11 is 0. The van der Waals surface area contributed by atoms with Crippen molar-refractivity contribution < 1.29 is 19.7 Å². The van der Waals surface area contributed by atoms with Crippen LogP contribution in [0.5, 0.6) is 0 Å². The highest BCUT2D eigenvalue weighted by Crippen LogP contribution is 2.22. The monoisotopic (exact) mass is 204 g/mol. The molecule has 84 valence electrons. The van der Waals surface area contributed by atoms with E-state index in [1.165, 1.54) is 0 Å². The molecule has 0 radical (unpaired) electrons. The number of carbonyl (C=O) groups is 1. The van der Waals surface area contributed by atoms with Crippen LogP contribution in [0.4, 0.5) is 0 Å². The van der Waals surface area contributed by atoms with Gasteiger partial charge in [-0.15, -0.1) is 0 Å². The van der Waals surface area contributed by atoms with E-state index in [0.717, 1.165) is 6.42 Å². The second kappa shape index (κ2) is 5.98. The van der Waals surface area contributed by atoms with Gasteiger partial charge in [0.2, 0.25) is 0 Å². The van der Waals surface area contributed by atoms with Crippen molar-refractivity contribution >= 4 is 5.97 Å². The molecule has 0 amide bonds. The predicted molar refractivity (Wildman–Crippen MR) is 52.4 cm³/mol. The van der Waals surface area contributed by atoms with Crippen molar-refractivity contribution in [2.75, 3.05) is 6.61 Å². The third-order valence-electron chi connectivity index (χ3n) is 2.27. The molecule has 1 atom stereocenters. The lowest BCUT2D eigenvalue weighted by molar-refractivity contribution is -0.287. The van der Waals surface area contributed by atoms with Gasteiger partial charge in [-0.2, -0.15) is 4.89 Å². The topological polar surface area (TPSA) is 55.8 Å². The Labute approximate surface area is 85.1 Å². The van der Waals surface area contributed by atoms with Crippen molar-refractivity contribution in [3.63, 3.8) is 0 Å². The molecule has 0 saturated carbocycles. The van der Waals surface area contributed by atoms with E-state index in [1.54, 1.807) is 20.8 Å². The summed E-state index contributed by atoms with van der Waals surface area (Å²) in [5.41, 5.74) is -1.44. The summed E-state index contributed by atoms with van der Waals surface area (Å²) in [6.07, 6.45) is 1.08. The number of rotatable bonds is 6. The highest BCUT2D eigenvalue weighted by molar-refractivity contribution is 5.78. The molecule has 0 aliphatic carbocycles. The average molecular weight is 204 g/mol. The van der Waals surface area contributed by atoms with Crippen molar-refractivity contribution in [1.82, 2.24) is 0 Å². The molecule has 0 fully saturated rings. The van der Waals surface area contributed by atoms with Crippen LogP contribution >= 0.6 is 0 Å². The van der Waals surface area contributed by atoms with Gasteiger partial charge in [-0.25, -0.2) is 4.79 Å². The van der Waals surface area contributed by atoms with Crippen LogP contribution in [0.2, 0.25) is 0 Å². The van der Waals surface area contributed by atoms with E-state index in [4.69, 9.17) is 0 Å². The first-order valence-corrected chi connectivity index (χ1v) is 5.05. The van der Waals surface area contributed by atoms with Crippen LogP contribution in [0.3, 0.4) is 0 Å². The summed E-state index contributed by atoms with van der Waals surface area (Å²) < 4.78 is 0. The fourth-order valence-corrected chi connectivity index (χ4v) is 1.04. The Morgan fingerprint density at radius 3 is 2.36 bits per heavy atom. The van der Waals surface area contributed by atoms with Crippen LogP contribution in [0, 0.1) is 5.92 Å². The van der Waals surface area contributed by atoms with Gasteiger partial charge in [0.1, 0.15) is 0 Å². The Hall–Kier alpha value is -0.610. The summed E-state index contributed by atoms with van der Waals surface area (Å²) in [5, 5.41) is 9.91. The van der Waals surface area contributed by atoms with Crippen LogP contribution in [0.15, 0.2) is 0 Å². The lowest BCUT2D eigenvalue weighted by atomic mass is 9.88. The lowest BCUT2D eigenvalue weighted by Crippen LogP contribution is -2.44. The maximum atomic E-state index is 11.4. The minimum absolute atomic E-state index is 0.190. The molecule has 1 N–H and O–H groups in total. The summed E-state index contributed by atoms with van der Waals surface area (Å²) in [5.74, 6) is -0.895. The van der Waals surface area contributed by atoms with E-state index in [1.807, 2.05) is 6.92 Å². The number of carbonyl (C=O) groups excluding carboxylic acids is 1. The Morgan fingerprint density at radius 2 is 2.00 bits per heavy atom. The van der Waals surface area contributed by atoms with Crippen molar-refractivity contribution in [1.29, 1.82) is 0 Å². The molecule has 0 aromatic heterocycles. The highest BCUT2D eigenvalue weighted by atomic mass is 17.2. The second-order valence-electron chi connectivity index (χ2n) is 3.63. The lowest BCUT2D eigenvalue weighted by Gasteiger charge is -2.27. The molecule has 0 aliphatic rings. The molecule has 14 heavy (non-hydrogen) atoms. The Morgan fingerprint density at radius 1 is 1.43 bits per heavy atom. The largest absolute Gasteiger partial charge is 0.378 e. The molecule has 0 heterocycles. The van der Waals surface area contributed by atoms with Gasteiger partial charge in [-0.1, -0.05) is 27.7 Å². The molecule has 1 unspecified atom stereocenters. The zero-order valence-corrected chi connectivity index (χ0v) is 9.37. The molecule has 0 bridgehead atoms. The van der Waals surface area contributed by atoms with Gasteiger partial charge in [0.15, 0.2) is 5.60 Å². The highest BCUT2D eigenvalue weighted by Gasteiger charge is 2.40. The van der Waals surface area contributed by atoms with Crippen LogP contribution in [-0.2, 0) is 14.6 Å². The Bertz CT molecular complexity index is 179. The molecule has 0 saturated heterocycles. The van der Waals surface area contributed by atoms with E-state index >= 15 is 0 Å². The summed E-state index contributed by atoms with van der Waals surface area (Å²) in [7, 11) is 0. The van der Waals surface area contributed by atoms with E-state index < -0.39 is 11.6 Å². The number of hydrogen-bond donors (Lipinski definition) is 1. The minimum atomic E-state index is -1.44. The van der Waals surface area contributed by atoms with Crippen molar-refractivity contribution in [2.45, 2.75) is 46.1 Å². The van der Waals surface area contributed by atoms with Gasteiger partial charge in [-0.3, -0.25) is 4.89 Å². The fraction of sp³-hybridized carbons (Fsp3) is 0.900. The van der Waals surface area contributed by atoms with Gasteiger partial charge < -0.3 is 5.11 Å². The summed E-state index contributed by atoms with van der Waals surface area (Å²) in [6.45, 7) is 7.53. The smallest absolute Gasteiger partial charge is 0.373 e. The molecular formula is C10H20O4. The first-order chi connectivity index (χ1) is 6.49. The van der Waals surface area contributed by atoms with Crippen molar-refractivity contribution in [2.24, 2.45) is 5.92 Å². The third-order valence-corrected chi connectivity index (χ3v) is 2.27. The molecule has 0 aromatic rings. The standard InChI is InChI=1S/C10H20O4/c1-5-7-13-14-9(11)10(12,6-2)8(3)4/h8,12H,5-7H2,1-4H3. The van der Waals surface area contributed by atoms with Crippen LogP contribution in [0.1, 0.15) is 40.5 Å². The number of hydrogen-bond acceptors (Lipinski definition) is 4. The molecular weight excluding hydrogens is 184 g/mol. The molecule has 4 heteroatoms. The molecule has 0 aliphatic heterocycles. The summed E-state index contributed by atoms with van der Waals surface area (Å²) in [4.78, 5) is 20.6. The van der Waals surface area contributed by atoms with E-state index in [2.05, 4.69) is 9.78 Å². The quantitative estimate of drug-likeness (QED) is 0.406. The van der Waals surface area contributed by atoms with E-state index in [9.17, 15) is 9.90 Å². The fourth-order valence-electron chi connectivity index (χ4n) is 1.04. The first-order valence-electron chi connectivity index (χ1n) is 5.05. The maximum absolute atomic E-state index is 11.4. The van der Waals surface area contributed by atoms with Crippen molar-refractivity contribution in [3.8, 4) is 0 Å². The third kappa shape index (κ3) is 3.27. The molecule has 0 rings (SSSR count). The predicted octanol–water partition coefficient (Wildman–Crippen LogP) is 1.67. The number of aliphatic hydroxyl groups is 1. The molecule has 4 nitrogen and oxygen atoms in total. The van der Waals surface area contributed by atoms with Gasteiger partial charge in [0.25, 0.3) is 0 Å². The molecule has 0 aromatic carbocycles. The second-order valence-corrected chi connectivity index (χ2v) is 3.63. The zero-order chi connectivity index (χ0) is 11.2. The molecule has 0 spiro atoms. The average Bonchev–Trinajstić information content (AvgIpc) is 2.16. The van der Waals surface area contributed by atoms with E-state index in [-0.39, 0.29) is 5.92 Å². The van der Waals surface area contributed by atoms with Gasteiger partial charge in [0.05, 0.1) is 6.61 Å². The minimum Gasteiger partial charge on any atom is -0.378 e. The SMILES string of the molecule is CCCOOC(=O)C(O)(CC)C(C)C. The summed E-state index contributed by atoms with van der Waals surface area (Å²) in [6, 6.07) is 0. The van der Waals surface area contributed by atoms with Crippen molar-refractivity contribution in [3.05, 3.63) is 0 Å². The zero-order valence-electron chi connectivity index (χ0n) is 9.37. The van der Waals surface area contributed by atoms with E-state index in [0.29, 0.717) is 13.0 Å². The Kier molecular flexibility index (Phi) is 5.72. The van der Waals surface area contributed by atoms with Gasteiger partial charge in [0, 0.05) is 0 Å². The normalized spacial score (nSPS) is 15.3. The van der Waals surface area contributed by atoms with Crippen LogP contribution in [0.25, 0.3) is 0 Å². The van der Waals surface area contributed by atoms with Gasteiger partial charge >= 0.3 is 5.97 Å².